The van der Waals surface area contributed by atoms with Crippen LogP contribution in [0.1, 0.15) is 33.4 Å². The van der Waals surface area contributed by atoms with Crippen molar-refractivity contribution in [3.63, 3.8) is 0 Å². The summed E-state index contributed by atoms with van der Waals surface area (Å²) in [7, 11) is 3.12. The highest BCUT2D eigenvalue weighted by molar-refractivity contribution is 7.12. The number of ether oxygens (including phenoxy) is 3. The van der Waals surface area contributed by atoms with Crippen molar-refractivity contribution in [1.82, 2.24) is 15.0 Å². The lowest BCUT2D eigenvalue weighted by Gasteiger charge is -2.22. The van der Waals surface area contributed by atoms with Gasteiger partial charge in [-0.05, 0) is 29.1 Å². The van der Waals surface area contributed by atoms with E-state index < -0.39 is 18.5 Å². The van der Waals surface area contributed by atoms with Gasteiger partial charge in [0.25, 0.3) is 5.91 Å². The summed E-state index contributed by atoms with van der Waals surface area (Å²) in [5.41, 5.74) is 1.64. The summed E-state index contributed by atoms with van der Waals surface area (Å²) < 4.78 is 15.9. The average Bonchev–Trinajstić information content (AvgIpc) is 3.52. The zero-order chi connectivity index (χ0) is 22.5. The molecule has 3 heterocycles. The molecule has 0 radical (unpaired) electrons. The Bertz CT molecular complexity index is 1130. The maximum atomic E-state index is 13.0. The van der Waals surface area contributed by atoms with E-state index in [0.717, 1.165) is 16.2 Å². The van der Waals surface area contributed by atoms with E-state index in [1.807, 2.05) is 29.6 Å². The fraction of sp³-hybridized carbons (Fsp3) is 0.227. The molecule has 164 valence electrons. The van der Waals surface area contributed by atoms with E-state index in [1.165, 1.54) is 23.6 Å². The molecule has 1 unspecified atom stereocenters. The number of methoxy groups -OCH3 is 2. The van der Waals surface area contributed by atoms with Crippen molar-refractivity contribution in [2.75, 3.05) is 20.8 Å². The number of esters is 1. The number of hydrogen-bond donors (Lipinski definition) is 0. The van der Waals surface area contributed by atoms with Gasteiger partial charge in [0.2, 0.25) is 0 Å². The van der Waals surface area contributed by atoms with Gasteiger partial charge in [-0.15, -0.1) is 11.3 Å². The predicted octanol–water partition coefficient (Wildman–Crippen LogP) is 3.09. The highest BCUT2D eigenvalue weighted by Crippen LogP contribution is 2.37. The minimum Gasteiger partial charge on any atom is -0.493 e. The quantitative estimate of drug-likeness (QED) is 0.508. The number of carbonyl (C=O) groups is 2. The second-order valence-electron chi connectivity index (χ2n) is 6.76. The first kappa shape index (κ1) is 21.4. The van der Waals surface area contributed by atoms with Crippen molar-refractivity contribution in [3.05, 3.63) is 70.4 Å². The number of hydrazone groups is 1. The molecule has 4 rings (SSSR count). The van der Waals surface area contributed by atoms with Crippen LogP contribution in [0.2, 0.25) is 0 Å². The number of thiophene rings is 1. The molecule has 2 aromatic heterocycles. The number of carbonyl (C=O) groups excluding carboxylic acids is 2. The molecule has 0 spiro atoms. The number of nitrogens with zero attached hydrogens (tertiary/aromatic N) is 4. The Kier molecular flexibility index (Phi) is 6.41. The second kappa shape index (κ2) is 9.56. The lowest BCUT2D eigenvalue weighted by molar-refractivity contribution is -0.136. The maximum absolute atomic E-state index is 13.0. The number of hydrogen-bond acceptors (Lipinski definition) is 9. The van der Waals surface area contributed by atoms with Gasteiger partial charge in [-0.2, -0.15) is 5.10 Å². The van der Waals surface area contributed by atoms with Crippen LogP contribution in [0.25, 0.3) is 0 Å². The monoisotopic (exact) mass is 452 g/mol. The van der Waals surface area contributed by atoms with Crippen molar-refractivity contribution in [2.24, 2.45) is 5.10 Å². The third-order valence-corrected chi connectivity index (χ3v) is 5.78. The molecule has 0 bridgehead atoms. The first-order chi connectivity index (χ1) is 15.6. The van der Waals surface area contributed by atoms with E-state index in [4.69, 9.17) is 14.2 Å². The molecule has 32 heavy (non-hydrogen) atoms. The van der Waals surface area contributed by atoms with Gasteiger partial charge in [-0.25, -0.2) is 14.8 Å². The van der Waals surface area contributed by atoms with Crippen molar-refractivity contribution in [2.45, 2.75) is 12.5 Å². The van der Waals surface area contributed by atoms with Crippen LogP contribution in [0.15, 0.2) is 59.4 Å². The molecule has 9 nitrogen and oxygen atoms in total. The van der Waals surface area contributed by atoms with E-state index >= 15 is 0 Å². The predicted molar refractivity (Wildman–Crippen MR) is 117 cm³/mol. The molecule has 0 aliphatic carbocycles. The molecule has 1 aromatic carbocycles. The van der Waals surface area contributed by atoms with Gasteiger partial charge in [-0.1, -0.05) is 12.1 Å². The lowest BCUT2D eigenvalue weighted by atomic mass is 10.0. The van der Waals surface area contributed by atoms with Crippen LogP contribution in [0, 0.1) is 0 Å². The third-order valence-electron chi connectivity index (χ3n) is 4.86. The summed E-state index contributed by atoms with van der Waals surface area (Å²) in [5.74, 6) is -0.0372. The van der Waals surface area contributed by atoms with Crippen molar-refractivity contribution < 1.29 is 23.8 Å². The Hall–Kier alpha value is -3.79. The minimum absolute atomic E-state index is 0.0286. The average molecular weight is 452 g/mol. The summed E-state index contributed by atoms with van der Waals surface area (Å²) in [4.78, 5) is 33.9. The maximum Gasteiger partial charge on any atom is 0.359 e. The van der Waals surface area contributed by atoms with Gasteiger partial charge in [0.05, 0.1) is 37.0 Å². The first-order valence-corrected chi connectivity index (χ1v) is 10.6. The van der Waals surface area contributed by atoms with Crippen LogP contribution in [0.5, 0.6) is 11.5 Å². The highest BCUT2D eigenvalue weighted by atomic mass is 32.1. The van der Waals surface area contributed by atoms with Gasteiger partial charge in [0.15, 0.2) is 23.8 Å². The molecule has 1 amide bonds. The van der Waals surface area contributed by atoms with Crippen LogP contribution < -0.4 is 9.47 Å². The zero-order valence-corrected chi connectivity index (χ0v) is 18.2. The van der Waals surface area contributed by atoms with E-state index in [-0.39, 0.29) is 11.7 Å². The Balaban J connectivity index is 1.57. The standard InChI is InChI=1S/C22H20N4O5S/c1-29-18-6-5-14(10-19(18)30-2)17-11-15(20-4-3-9-32-20)25-26(17)21(27)13-31-22(28)16-12-23-7-8-24-16/h3-10,12,17H,11,13H2,1-2H3. The van der Waals surface area contributed by atoms with Crippen LogP contribution >= 0.6 is 11.3 Å². The lowest BCUT2D eigenvalue weighted by Crippen LogP contribution is -2.31. The van der Waals surface area contributed by atoms with Gasteiger partial charge < -0.3 is 14.2 Å². The minimum atomic E-state index is -0.726. The molecule has 3 aromatic rings. The molecule has 0 fully saturated rings. The summed E-state index contributed by atoms with van der Waals surface area (Å²) in [5, 5.41) is 7.87. The SMILES string of the molecule is COc1ccc(C2CC(c3cccs3)=NN2C(=O)COC(=O)c2cnccn2)cc1OC. The molecule has 0 saturated carbocycles. The number of amides is 1. The smallest absolute Gasteiger partial charge is 0.359 e. The Labute approximate surface area is 188 Å². The Morgan fingerprint density at radius 3 is 2.69 bits per heavy atom. The highest BCUT2D eigenvalue weighted by Gasteiger charge is 2.34. The van der Waals surface area contributed by atoms with Crippen molar-refractivity contribution >= 4 is 28.9 Å². The third kappa shape index (κ3) is 4.45. The molecular weight excluding hydrogens is 432 g/mol. The summed E-state index contributed by atoms with van der Waals surface area (Å²) in [6.07, 6.45) is 4.62. The molecular formula is C22H20N4O5S. The zero-order valence-electron chi connectivity index (χ0n) is 17.4. The largest absolute Gasteiger partial charge is 0.493 e. The molecule has 1 atom stereocenters. The number of aromatic nitrogens is 2. The summed E-state index contributed by atoms with van der Waals surface area (Å²) in [6.45, 7) is -0.472. The number of rotatable bonds is 7. The van der Waals surface area contributed by atoms with Crippen molar-refractivity contribution in [3.8, 4) is 11.5 Å². The summed E-state index contributed by atoms with van der Waals surface area (Å²) in [6, 6.07) is 8.98. The number of benzene rings is 1. The molecule has 10 heteroatoms. The fourth-order valence-electron chi connectivity index (χ4n) is 3.32. The fourth-order valence-corrected chi connectivity index (χ4v) is 4.04. The second-order valence-corrected chi connectivity index (χ2v) is 7.71. The Morgan fingerprint density at radius 1 is 1.16 bits per heavy atom. The molecule has 0 N–H and O–H groups in total. The van der Waals surface area contributed by atoms with Gasteiger partial charge in [0, 0.05) is 18.8 Å². The van der Waals surface area contributed by atoms with Crippen LogP contribution in [-0.2, 0) is 9.53 Å². The molecule has 0 saturated heterocycles. The van der Waals surface area contributed by atoms with E-state index in [0.29, 0.717) is 17.9 Å². The van der Waals surface area contributed by atoms with E-state index in [1.54, 1.807) is 31.6 Å². The topological polar surface area (TPSA) is 103 Å². The van der Waals surface area contributed by atoms with Crippen molar-refractivity contribution in [1.29, 1.82) is 0 Å². The van der Waals surface area contributed by atoms with Gasteiger partial charge in [-0.3, -0.25) is 9.78 Å². The van der Waals surface area contributed by atoms with Gasteiger partial charge in [0.1, 0.15) is 0 Å². The normalized spacial score (nSPS) is 15.2. The Morgan fingerprint density at radius 2 is 2.00 bits per heavy atom. The van der Waals surface area contributed by atoms with Crippen LogP contribution in [0.4, 0.5) is 0 Å². The first-order valence-electron chi connectivity index (χ1n) is 9.69. The van der Waals surface area contributed by atoms with E-state index in [2.05, 4.69) is 15.1 Å². The molecule has 1 aliphatic rings. The van der Waals surface area contributed by atoms with Gasteiger partial charge >= 0.3 is 5.97 Å². The molecule has 1 aliphatic heterocycles. The summed E-state index contributed by atoms with van der Waals surface area (Å²) >= 11 is 1.55. The van der Waals surface area contributed by atoms with E-state index in [9.17, 15) is 9.59 Å². The van der Waals surface area contributed by atoms with Crippen LogP contribution in [0.3, 0.4) is 0 Å². The van der Waals surface area contributed by atoms with Crippen LogP contribution in [-0.4, -0.2) is 53.4 Å².